The molecule has 1 N–H and O–H groups in total. The molecule has 0 bridgehead atoms. The highest BCUT2D eigenvalue weighted by atomic mass is 19.1. The van der Waals surface area contributed by atoms with Crippen LogP contribution in [0.25, 0.3) is 0 Å². The maximum atomic E-state index is 13.7. The maximum absolute atomic E-state index is 13.7. The van der Waals surface area contributed by atoms with Gasteiger partial charge in [-0.05, 0) is 51.3 Å². The number of piperazine rings is 1. The molecule has 1 aliphatic heterocycles. The lowest BCUT2D eigenvalue weighted by atomic mass is 9.98. The Morgan fingerprint density at radius 1 is 1.32 bits per heavy atom. The lowest BCUT2D eigenvalue weighted by Gasteiger charge is -2.43. The Morgan fingerprint density at radius 3 is 2.47 bits per heavy atom. The van der Waals surface area contributed by atoms with Crippen molar-refractivity contribution in [1.29, 1.82) is 0 Å². The minimum atomic E-state index is -0.0718. The average Bonchev–Trinajstić information content (AvgIpc) is 2.30. The molecule has 1 aliphatic rings. The first-order chi connectivity index (χ1) is 8.78. The number of aryl methyl sites for hydroxylation is 2. The van der Waals surface area contributed by atoms with E-state index in [1.807, 2.05) is 26.0 Å². The molecular weight excluding hydrogens is 239 g/mol. The molecule has 0 aliphatic carbocycles. The van der Waals surface area contributed by atoms with Crippen LogP contribution in [-0.4, -0.2) is 29.6 Å². The Bertz CT molecular complexity index is 445. The molecule has 0 amide bonds. The first kappa shape index (κ1) is 14.5. The number of hydrogen-bond donors (Lipinski definition) is 1. The molecule has 1 unspecified atom stereocenters. The number of hydrogen-bond acceptors (Lipinski definition) is 2. The molecule has 3 heteroatoms. The van der Waals surface area contributed by atoms with Crippen molar-refractivity contribution in [3.05, 3.63) is 34.6 Å². The van der Waals surface area contributed by atoms with Crippen LogP contribution in [0.1, 0.15) is 37.5 Å². The molecule has 1 aromatic rings. The van der Waals surface area contributed by atoms with Gasteiger partial charge in [-0.25, -0.2) is 4.39 Å². The summed E-state index contributed by atoms with van der Waals surface area (Å²) >= 11 is 0. The normalized spacial score (nSPS) is 23.6. The first-order valence-corrected chi connectivity index (χ1v) is 7.03. The predicted molar refractivity (Wildman–Crippen MR) is 77.8 cm³/mol. The molecule has 0 radical (unpaired) electrons. The Hall–Kier alpha value is -0.930. The molecule has 0 saturated carbocycles. The van der Waals surface area contributed by atoms with Crippen molar-refractivity contribution >= 4 is 0 Å². The van der Waals surface area contributed by atoms with E-state index in [0.29, 0.717) is 6.04 Å². The van der Waals surface area contributed by atoms with Crippen LogP contribution in [0.3, 0.4) is 0 Å². The van der Waals surface area contributed by atoms with E-state index < -0.39 is 0 Å². The molecule has 2 rings (SSSR count). The van der Waals surface area contributed by atoms with Gasteiger partial charge in [0.2, 0.25) is 0 Å². The summed E-state index contributed by atoms with van der Waals surface area (Å²) in [5.41, 5.74) is 2.85. The topological polar surface area (TPSA) is 15.3 Å². The zero-order valence-corrected chi connectivity index (χ0v) is 12.7. The highest BCUT2D eigenvalue weighted by Crippen LogP contribution is 2.20. The van der Waals surface area contributed by atoms with Gasteiger partial charge < -0.3 is 5.32 Å². The van der Waals surface area contributed by atoms with Crippen LogP contribution < -0.4 is 5.32 Å². The van der Waals surface area contributed by atoms with Crippen LogP contribution in [0.5, 0.6) is 0 Å². The summed E-state index contributed by atoms with van der Waals surface area (Å²) in [6.07, 6.45) is 0. The van der Waals surface area contributed by atoms with E-state index in [1.54, 1.807) is 0 Å². The largest absolute Gasteiger partial charge is 0.309 e. The number of nitrogens with one attached hydrogen (secondary N) is 1. The van der Waals surface area contributed by atoms with E-state index >= 15 is 0 Å². The summed E-state index contributed by atoms with van der Waals surface area (Å²) in [6, 6.07) is 4.47. The van der Waals surface area contributed by atoms with Crippen molar-refractivity contribution in [2.45, 2.75) is 52.7 Å². The summed E-state index contributed by atoms with van der Waals surface area (Å²) in [5.74, 6) is -0.0718. The molecule has 1 aromatic carbocycles. The van der Waals surface area contributed by atoms with Crippen LogP contribution in [0, 0.1) is 19.7 Å². The molecular formula is C16H25FN2. The van der Waals surface area contributed by atoms with Gasteiger partial charge in [-0.3, -0.25) is 4.90 Å². The highest BCUT2D eigenvalue weighted by Gasteiger charge is 2.30. The minimum Gasteiger partial charge on any atom is -0.309 e. The fraction of sp³-hybridized carbons (Fsp3) is 0.625. The zero-order valence-electron chi connectivity index (χ0n) is 12.7. The van der Waals surface area contributed by atoms with E-state index in [4.69, 9.17) is 0 Å². The number of nitrogens with zero attached hydrogens (tertiary/aromatic N) is 1. The molecule has 0 spiro atoms. The Labute approximate surface area is 116 Å². The molecule has 106 valence electrons. The third kappa shape index (κ3) is 3.34. The molecule has 1 fully saturated rings. The van der Waals surface area contributed by atoms with Gasteiger partial charge in [0.25, 0.3) is 0 Å². The second-order valence-electron chi connectivity index (χ2n) is 6.56. The van der Waals surface area contributed by atoms with Crippen molar-refractivity contribution in [2.75, 3.05) is 13.1 Å². The van der Waals surface area contributed by atoms with Crippen molar-refractivity contribution < 1.29 is 4.39 Å². The van der Waals surface area contributed by atoms with E-state index in [9.17, 15) is 4.39 Å². The SMILES string of the molecule is Cc1cc(CN2CC(C)(C)NCC2C)cc(C)c1F. The number of halogens is 1. The average molecular weight is 264 g/mol. The fourth-order valence-electron chi connectivity index (χ4n) is 2.85. The van der Waals surface area contributed by atoms with Crippen LogP contribution in [0.2, 0.25) is 0 Å². The third-order valence-electron chi connectivity index (χ3n) is 3.98. The Kier molecular flexibility index (Phi) is 3.98. The van der Waals surface area contributed by atoms with Gasteiger partial charge in [0, 0.05) is 31.2 Å². The van der Waals surface area contributed by atoms with E-state index in [-0.39, 0.29) is 11.4 Å². The Morgan fingerprint density at radius 2 is 1.89 bits per heavy atom. The monoisotopic (exact) mass is 264 g/mol. The summed E-state index contributed by atoms with van der Waals surface area (Å²) < 4.78 is 13.7. The van der Waals surface area contributed by atoms with Crippen molar-refractivity contribution in [2.24, 2.45) is 0 Å². The quantitative estimate of drug-likeness (QED) is 0.883. The predicted octanol–water partition coefficient (Wildman–Crippen LogP) is 3.01. The van der Waals surface area contributed by atoms with Crippen LogP contribution in [0.4, 0.5) is 4.39 Å². The number of benzene rings is 1. The molecule has 1 saturated heterocycles. The molecule has 0 aromatic heterocycles. The van der Waals surface area contributed by atoms with Crippen LogP contribution in [-0.2, 0) is 6.54 Å². The van der Waals surface area contributed by atoms with Gasteiger partial charge in [0.15, 0.2) is 0 Å². The zero-order chi connectivity index (χ0) is 14.2. The lowest BCUT2D eigenvalue weighted by molar-refractivity contribution is 0.0977. The fourth-order valence-corrected chi connectivity index (χ4v) is 2.85. The third-order valence-corrected chi connectivity index (χ3v) is 3.98. The molecule has 19 heavy (non-hydrogen) atoms. The van der Waals surface area contributed by atoms with Crippen LogP contribution in [0.15, 0.2) is 12.1 Å². The smallest absolute Gasteiger partial charge is 0.129 e. The van der Waals surface area contributed by atoms with Crippen molar-refractivity contribution in [3.63, 3.8) is 0 Å². The summed E-state index contributed by atoms with van der Waals surface area (Å²) in [5, 5.41) is 3.55. The Balaban J connectivity index is 2.16. The second kappa shape index (κ2) is 5.22. The second-order valence-corrected chi connectivity index (χ2v) is 6.56. The van der Waals surface area contributed by atoms with Crippen molar-refractivity contribution in [1.82, 2.24) is 10.2 Å². The van der Waals surface area contributed by atoms with Gasteiger partial charge in [0.05, 0.1) is 0 Å². The van der Waals surface area contributed by atoms with E-state index in [1.165, 1.54) is 5.56 Å². The van der Waals surface area contributed by atoms with E-state index in [0.717, 1.165) is 30.8 Å². The summed E-state index contributed by atoms with van der Waals surface area (Å²) in [7, 11) is 0. The van der Waals surface area contributed by atoms with E-state index in [2.05, 4.69) is 31.0 Å². The minimum absolute atomic E-state index is 0.0718. The van der Waals surface area contributed by atoms with Gasteiger partial charge in [0.1, 0.15) is 5.82 Å². The van der Waals surface area contributed by atoms with Crippen LogP contribution >= 0.6 is 0 Å². The van der Waals surface area contributed by atoms with Gasteiger partial charge in [-0.2, -0.15) is 0 Å². The highest BCUT2D eigenvalue weighted by molar-refractivity contribution is 5.30. The summed E-state index contributed by atoms with van der Waals surface area (Å²) in [6.45, 7) is 13.3. The van der Waals surface area contributed by atoms with Crippen molar-refractivity contribution in [3.8, 4) is 0 Å². The number of rotatable bonds is 2. The molecule has 2 nitrogen and oxygen atoms in total. The standard InChI is InChI=1S/C16H25FN2/c1-11-6-14(7-12(2)15(11)17)9-19-10-16(4,5)18-8-13(19)3/h6-7,13,18H,8-10H2,1-5H3. The van der Waals surface area contributed by atoms with Gasteiger partial charge in [-0.1, -0.05) is 12.1 Å². The van der Waals surface area contributed by atoms with Gasteiger partial charge >= 0.3 is 0 Å². The maximum Gasteiger partial charge on any atom is 0.129 e. The molecule has 1 atom stereocenters. The van der Waals surface area contributed by atoms with Gasteiger partial charge in [-0.15, -0.1) is 0 Å². The first-order valence-electron chi connectivity index (χ1n) is 7.03. The molecule has 1 heterocycles. The summed E-state index contributed by atoms with van der Waals surface area (Å²) in [4.78, 5) is 2.47. The lowest BCUT2D eigenvalue weighted by Crippen LogP contribution is -2.60.